The van der Waals surface area contributed by atoms with Crippen LogP contribution < -0.4 is 4.72 Å². The lowest BCUT2D eigenvalue weighted by Crippen LogP contribution is -2.11. The van der Waals surface area contributed by atoms with Gasteiger partial charge in [0, 0.05) is 17.0 Å². The molecule has 0 aliphatic carbocycles. The van der Waals surface area contributed by atoms with Crippen LogP contribution in [0, 0.1) is 0 Å². The molecule has 0 atom stereocenters. The van der Waals surface area contributed by atoms with Crippen molar-refractivity contribution >= 4 is 32.5 Å². The van der Waals surface area contributed by atoms with Crippen LogP contribution in [-0.4, -0.2) is 6.04 Å². The minimum absolute atomic E-state index is 0.546. The summed E-state index contributed by atoms with van der Waals surface area (Å²) in [5, 5.41) is 0. The zero-order valence-corrected chi connectivity index (χ0v) is 6.87. The molecule has 0 unspecified atom stereocenters. The SMILES string of the molecule is CC(C)NSSS. The molecule has 1 nitrogen and oxygen atoms in total. The van der Waals surface area contributed by atoms with E-state index in [-0.39, 0.29) is 0 Å². The lowest BCUT2D eigenvalue weighted by Gasteiger charge is -2.01. The summed E-state index contributed by atoms with van der Waals surface area (Å²) in [5.74, 6) is 0. The van der Waals surface area contributed by atoms with Crippen LogP contribution >= 0.6 is 32.5 Å². The zero-order valence-electron chi connectivity index (χ0n) is 4.34. The third kappa shape index (κ3) is 7.01. The van der Waals surface area contributed by atoms with Crippen LogP contribution in [0.15, 0.2) is 0 Å². The highest BCUT2D eigenvalue weighted by Gasteiger charge is 1.87. The predicted molar refractivity (Wildman–Crippen MR) is 42.4 cm³/mol. The van der Waals surface area contributed by atoms with E-state index in [4.69, 9.17) is 0 Å². The Morgan fingerprint density at radius 2 is 2.14 bits per heavy atom. The Hall–Kier alpha value is 1.01. The summed E-state index contributed by atoms with van der Waals surface area (Å²) in [7, 11) is 2.98. The summed E-state index contributed by atoms with van der Waals surface area (Å²) in [4.78, 5) is 0. The van der Waals surface area contributed by atoms with E-state index < -0.39 is 0 Å². The number of rotatable bonds is 3. The molecular formula is C3H9NS3. The highest BCUT2D eigenvalue weighted by Crippen LogP contribution is 2.20. The van der Waals surface area contributed by atoms with Gasteiger partial charge < -0.3 is 0 Å². The first-order chi connectivity index (χ1) is 3.27. The third-order valence-corrected chi connectivity index (χ3v) is 2.15. The smallest absolute Gasteiger partial charge is 0.0123 e. The van der Waals surface area contributed by atoms with Gasteiger partial charge in [0.2, 0.25) is 0 Å². The molecule has 0 aromatic carbocycles. The van der Waals surface area contributed by atoms with Gasteiger partial charge in [-0.3, -0.25) is 4.72 Å². The Kier molecular flexibility index (Phi) is 5.90. The van der Waals surface area contributed by atoms with Gasteiger partial charge in [-0.15, -0.1) is 0 Å². The van der Waals surface area contributed by atoms with Crippen LogP contribution in [0.2, 0.25) is 0 Å². The van der Waals surface area contributed by atoms with Crippen molar-refractivity contribution in [2.24, 2.45) is 0 Å². The first kappa shape index (κ1) is 8.01. The van der Waals surface area contributed by atoms with E-state index >= 15 is 0 Å². The zero-order chi connectivity index (χ0) is 5.70. The second-order valence-electron chi connectivity index (χ2n) is 1.43. The van der Waals surface area contributed by atoms with E-state index in [2.05, 4.69) is 30.2 Å². The van der Waals surface area contributed by atoms with Gasteiger partial charge in [-0.25, -0.2) is 0 Å². The Balaban J connectivity index is 2.68. The van der Waals surface area contributed by atoms with Gasteiger partial charge >= 0.3 is 0 Å². The van der Waals surface area contributed by atoms with Gasteiger partial charge in [0.25, 0.3) is 0 Å². The molecule has 0 aromatic heterocycles. The van der Waals surface area contributed by atoms with Crippen LogP contribution in [0.25, 0.3) is 0 Å². The molecule has 0 aromatic rings. The largest absolute Gasteiger partial charge is 0.252 e. The molecule has 0 saturated heterocycles. The summed E-state index contributed by atoms with van der Waals surface area (Å²) in [6.45, 7) is 4.19. The van der Waals surface area contributed by atoms with Crippen molar-refractivity contribution in [3.8, 4) is 0 Å². The number of hydrogen-bond acceptors (Lipinski definition) is 4. The Bertz CT molecular complexity index is 39.2. The van der Waals surface area contributed by atoms with Crippen molar-refractivity contribution in [3.63, 3.8) is 0 Å². The molecule has 0 saturated carbocycles. The van der Waals surface area contributed by atoms with Crippen molar-refractivity contribution in [3.05, 3.63) is 0 Å². The van der Waals surface area contributed by atoms with E-state index in [0.717, 1.165) is 0 Å². The average molecular weight is 155 g/mol. The molecule has 0 rings (SSSR count). The number of hydrogen-bond donors (Lipinski definition) is 2. The topological polar surface area (TPSA) is 12.0 Å². The Labute approximate surface area is 57.4 Å². The molecular weight excluding hydrogens is 146 g/mol. The fourth-order valence-corrected chi connectivity index (χ4v) is 1.45. The van der Waals surface area contributed by atoms with Crippen LogP contribution in [0.1, 0.15) is 13.8 Å². The van der Waals surface area contributed by atoms with Crippen molar-refractivity contribution in [1.82, 2.24) is 4.72 Å². The van der Waals surface area contributed by atoms with Crippen molar-refractivity contribution in [2.75, 3.05) is 0 Å². The molecule has 0 heterocycles. The molecule has 1 N–H and O–H groups in total. The molecule has 0 spiro atoms. The number of nitrogens with one attached hydrogen (secondary N) is 1. The maximum absolute atomic E-state index is 3.91. The van der Waals surface area contributed by atoms with Crippen molar-refractivity contribution < 1.29 is 0 Å². The quantitative estimate of drug-likeness (QED) is 0.368. The fourth-order valence-electron chi connectivity index (χ4n) is 0.118. The summed E-state index contributed by atoms with van der Waals surface area (Å²) in [6, 6.07) is 0.546. The first-order valence-electron chi connectivity index (χ1n) is 2.00. The molecule has 0 radical (unpaired) electrons. The highest BCUT2D eigenvalue weighted by atomic mass is 33.5. The van der Waals surface area contributed by atoms with E-state index in [9.17, 15) is 0 Å². The first-order valence-corrected chi connectivity index (χ1v) is 5.20. The van der Waals surface area contributed by atoms with Gasteiger partial charge in [0.05, 0.1) is 0 Å². The molecule has 7 heavy (non-hydrogen) atoms. The minimum Gasteiger partial charge on any atom is -0.252 e. The van der Waals surface area contributed by atoms with Crippen LogP contribution in [-0.2, 0) is 0 Å². The molecule has 4 heteroatoms. The summed E-state index contributed by atoms with van der Waals surface area (Å²) >= 11 is 3.91. The van der Waals surface area contributed by atoms with Gasteiger partial charge in [-0.2, -0.15) is 0 Å². The van der Waals surface area contributed by atoms with E-state index in [1.807, 2.05) is 0 Å². The molecule has 0 amide bonds. The van der Waals surface area contributed by atoms with Crippen molar-refractivity contribution in [2.45, 2.75) is 19.9 Å². The number of thiol groups is 1. The third-order valence-electron chi connectivity index (χ3n) is 0.321. The van der Waals surface area contributed by atoms with Crippen molar-refractivity contribution in [1.29, 1.82) is 0 Å². The van der Waals surface area contributed by atoms with E-state index in [0.29, 0.717) is 6.04 Å². The fraction of sp³-hybridized carbons (Fsp3) is 1.00. The minimum atomic E-state index is 0.546. The van der Waals surface area contributed by atoms with Gasteiger partial charge in [0.15, 0.2) is 0 Å². The maximum Gasteiger partial charge on any atom is 0.0123 e. The Morgan fingerprint density at radius 1 is 1.57 bits per heavy atom. The molecule has 0 aliphatic heterocycles. The van der Waals surface area contributed by atoms with Crippen LogP contribution in [0.4, 0.5) is 0 Å². The van der Waals surface area contributed by atoms with Crippen LogP contribution in [0.3, 0.4) is 0 Å². The highest BCUT2D eigenvalue weighted by molar-refractivity contribution is 9.05. The van der Waals surface area contributed by atoms with E-state index in [1.165, 1.54) is 9.83 Å². The Morgan fingerprint density at radius 3 is 2.29 bits per heavy atom. The normalized spacial score (nSPS) is 10.3. The lowest BCUT2D eigenvalue weighted by molar-refractivity contribution is 0.775. The summed E-state index contributed by atoms with van der Waals surface area (Å²) < 4.78 is 3.10. The summed E-state index contributed by atoms with van der Waals surface area (Å²) in [5.41, 5.74) is 0. The van der Waals surface area contributed by atoms with Crippen LogP contribution in [0.5, 0.6) is 0 Å². The average Bonchev–Trinajstić information content (AvgIpc) is 1.61. The molecule has 0 aliphatic rings. The second-order valence-corrected chi connectivity index (χ2v) is 4.27. The maximum atomic E-state index is 3.91. The second kappa shape index (κ2) is 5.15. The van der Waals surface area contributed by atoms with E-state index in [1.54, 1.807) is 11.0 Å². The van der Waals surface area contributed by atoms with Gasteiger partial charge in [0.1, 0.15) is 0 Å². The molecule has 0 bridgehead atoms. The van der Waals surface area contributed by atoms with Gasteiger partial charge in [-0.05, 0) is 23.7 Å². The molecule has 44 valence electrons. The van der Waals surface area contributed by atoms with Gasteiger partial charge in [-0.1, -0.05) is 11.7 Å². The standard InChI is InChI=1S/C3H9NS3/c1-3(2)4-6-7-5/h3-5H,1-2H3. The lowest BCUT2D eigenvalue weighted by atomic mass is 10.4. The molecule has 0 fully saturated rings. The predicted octanol–water partition coefficient (Wildman–Crippen LogP) is 2.13. The monoisotopic (exact) mass is 155 g/mol. The summed E-state index contributed by atoms with van der Waals surface area (Å²) in [6.07, 6.45) is 0.